The number of hydrogen-bond donors (Lipinski definition) is 3. The Morgan fingerprint density at radius 2 is 1.93 bits per heavy atom. The van der Waals surface area contributed by atoms with E-state index in [1.165, 1.54) is 0 Å². The van der Waals surface area contributed by atoms with Gasteiger partial charge in [-0.2, -0.15) is 0 Å². The van der Waals surface area contributed by atoms with Crippen molar-refractivity contribution >= 4 is 38.8 Å². The molecule has 6 rings (SSSR count). The second-order valence-electron chi connectivity index (χ2n) is 12.4. The summed E-state index contributed by atoms with van der Waals surface area (Å²) in [6.07, 6.45) is 2.95. The molecule has 2 aliphatic heterocycles. The third kappa shape index (κ3) is 7.30. The monoisotopic (exact) mass is 653 g/mol. The summed E-state index contributed by atoms with van der Waals surface area (Å²) in [6.45, 7) is 9.64. The van der Waals surface area contributed by atoms with Gasteiger partial charge in [-0.1, -0.05) is 43.4 Å². The summed E-state index contributed by atoms with van der Waals surface area (Å²) in [6, 6.07) is 8.85. The van der Waals surface area contributed by atoms with Crippen LogP contribution in [-0.4, -0.2) is 82.3 Å². The summed E-state index contributed by atoms with van der Waals surface area (Å²) in [5, 5.41) is 16.2. The maximum absolute atomic E-state index is 14.7. The van der Waals surface area contributed by atoms with Gasteiger partial charge in [0.15, 0.2) is 0 Å². The molecular formula is C33H40FN5O4S2. The number of carbonyl (C=O) groups is 1. The van der Waals surface area contributed by atoms with Crippen molar-refractivity contribution < 1.29 is 19.0 Å². The van der Waals surface area contributed by atoms with Crippen molar-refractivity contribution in [2.24, 2.45) is 0 Å². The molecule has 2 fully saturated rings. The number of carbonyl (C=O) groups excluding carboxylic acids is 1. The topological polar surface area (TPSA) is 111 Å². The van der Waals surface area contributed by atoms with Gasteiger partial charge in [-0.25, -0.2) is 9.37 Å². The SMILES string of the molecule is CC(C)c1nc(C(=O)N2CCOC3(CCN(Cc4ccc(F)c(CCNCCc5ccc(O)c6[nH]c(=O)sc56)c4)CC3)C2)cs1. The standard InChI is InChI=1S/C33H40FN5O4S2/c1-21(2)30-36-26(19-44-30)31(41)39-15-16-43-33(20-39)9-13-38(14-10-33)18-22-3-5-25(34)24(17-22)8-12-35-11-7-23-4-6-27(40)28-29(23)45-32(42)37-28/h3-6,17,19,21,35,40H,7-16,18,20H2,1-2H3,(H,37,42). The van der Waals surface area contributed by atoms with Crippen LogP contribution in [0.5, 0.6) is 5.75 Å². The van der Waals surface area contributed by atoms with Crippen LogP contribution in [0.4, 0.5) is 4.39 Å². The lowest BCUT2D eigenvalue weighted by Gasteiger charge is -2.47. The van der Waals surface area contributed by atoms with Gasteiger partial charge in [0.1, 0.15) is 22.8 Å². The molecule has 12 heteroatoms. The molecule has 0 radical (unpaired) electrons. The Hall–Kier alpha value is -3.16. The van der Waals surface area contributed by atoms with E-state index in [4.69, 9.17) is 4.74 Å². The third-order valence-corrected chi connectivity index (χ3v) is 10.9. The first-order valence-corrected chi connectivity index (χ1v) is 17.3. The number of aromatic amines is 1. The molecule has 2 saturated heterocycles. The Balaban J connectivity index is 0.975. The molecule has 0 saturated carbocycles. The number of rotatable bonds is 10. The lowest BCUT2D eigenvalue weighted by molar-refractivity contribution is -0.128. The zero-order valence-corrected chi connectivity index (χ0v) is 27.4. The number of aromatic hydroxyl groups is 1. The highest BCUT2D eigenvalue weighted by atomic mass is 32.1. The van der Waals surface area contributed by atoms with E-state index in [0.717, 1.165) is 64.6 Å². The number of piperidine rings is 1. The van der Waals surface area contributed by atoms with Crippen LogP contribution in [0.15, 0.2) is 40.5 Å². The molecule has 0 aliphatic carbocycles. The minimum absolute atomic E-state index is 0.00626. The van der Waals surface area contributed by atoms with Gasteiger partial charge in [0.25, 0.3) is 5.91 Å². The van der Waals surface area contributed by atoms with Gasteiger partial charge in [-0.05, 0) is 67.6 Å². The number of likely N-dealkylation sites (tertiary alicyclic amines) is 1. The van der Waals surface area contributed by atoms with Crippen LogP contribution in [0, 0.1) is 5.82 Å². The fourth-order valence-electron chi connectivity index (χ4n) is 6.27. The van der Waals surface area contributed by atoms with Crippen molar-refractivity contribution in [3.63, 3.8) is 0 Å². The van der Waals surface area contributed by atoms with Crippen LogP contribution in [0.1, 0.15) is 64.8 Å². The van der Waals surface area contributed by atoms with Crippen molar-refractivity contribution in [1.29, 1.82) is 0 Å². The lowest BCUT2D eigenvalue weighted by Crippen LogP contribution is -2.58. The second-order valence-corrected chi connectivity index (χ2v) is 14.3. The Bertz CT molecular complexity index is 1710. The van der Waals surface area contributed by atoms with Gasteiger partial charge in [-0.15, -0.1) is 11.3 Å². The average Bonchev–Trinajstić information content (AvgIpc) is 3.69. The van der Waals surface area contributed by atoms with E-state index in [9.17, 15) is 19.1 Å². The number of nitrogens with zero attached hydrogens (tertiary/aromatic N) is 3. The van der Waals surface area contributed by atoms with Crippen molar-refractivity contribution in [1.82, 2.24) is 25.1 Å². The van der Waals surface area contributed by atoms with Gasteiger partial charge in [0.2, 0.25) is 0 Å². The van der Waals surface area contributed by atoms with Crippen LogP contribution in [-0.2, 0) is 24.1 Å². The van der Waals surface area contributed by atoms with Gasteiger partial charge < -0.3 is 25.0 Å². The Morgan fingerprint density at radius 1 is 1.16 bits per heavy atom. The van der Waals surface area contributed by atoms with Crippen molar-refractivity contribution in [2.45, 2.75) is 57.6 Å². The summed E-state index contributed by atoms with van der Waals surface area (Å²) in [7, 11) is 0. The zero-order chi connectivity index (χ0) is 31.6. The molecule has 9 nitrogen and oxygen atoms in total. The first-order chi connectivity index (χ1) is 21.7. The van der Waals surface area contributed by atoms with E-state index in [0.29, 0.717) is 68.3 Å². The molecule has 4 heterocycles. The second kappa shape index (κ2) is 13.7. The fourth-order valence-corrected chi connectivity index (χ4v) is 7.98. The van der Waals surface area contributed by atoms with Gasteiger partial charge >= 0.3 is 4.87 Å². The van der Waals surface area contributed by atoms with Crippen molar-refractivity contribution in [3.8, 4) is 5.75 Å². The molecule has 0 atom stereocenters. The normalized spacial score (nSPS) is 17.1. The summed E-state index contributed by atoms with van der Waals surface area (Å²) in [5.74, 6) is 0.179. The Labute approximate surface area is 270 Å². The van der Waals surface area contributed by atoms with Crippen LogP contribution >= 0.6 is 22.7 Å². The molecule has 1 amide bonds. The van der Waals surface area contributed by atoms with E-state index in [1.54, 1.807) is 23.5 Å². The summed E-state index contributed by atoms with van der Waals surface area (Å²) >= 11 is 2.65. The number of ether oxygens (including phenoxy) is 1. The van der Waals surface area contributed by atoms with Gasteiger partial charge in [-0.3, -0.25) is 14.5 Å². The maximum atomic E-state index is 14.7. The Morgan fingerprint density at radius 3 is 2.69 bits per heavy atom. The fraction of sp³-hybridized carbons (Fsp3) is 0.485. The molecule has 2 aromatic heterocycles. The van der Waals surface area contributed by atoms with Crippen molar-refractivity contribution in [2.75, 3.05) is 45.9 Å². The number of nitrogens with one attached hydrogen (secondary N) is 2. The Kier molecular flexibility index (Phi) is 9.67. The minimum atomic E-state index is -0.328. The van der Waals surface area contributed by atoms with E-state index < -0.39 is 0 Å². The van der Waals surface area contributed by atoms with Crippen molar-refractivity contribution in [3.05, 3.63) is 78.6 Å². The molecular weight excluding hydrogens is 614 g/mol. The highest BCUT2D eigenvalue weighted by molar-refractivity contribution is 7.16. The molecule has 2 aliphatic rings. The number of fused-ring (bicyclic) bond motifs is 1. The van der Waals surface area contributed by atoms with Gasteiger partial charge in [0, 0.05) is 37.5 Å². The number of halogens is 1. The van der Waals surface area contributed by atoms with Crippen LogP contribution in [0.25, 0.3) is 10.2 Å². The average molecular weight is 654 g/mol. The summed E-state index contributed by atoms with van der Waals surface area (Å²) < 4.78 is 21.8. The number of thiazole rings is 2. The first kappa shape index (κ1) is 31.8. The number of hydrogen-bond acceptors (Lipinski definition) is 9. The minimum Gasteiger partial charge on any atom is -0.506 e. The first-order valence-electron chi connectivity index (χ1n) is 15.6. The third-order valence-electron chi connectivity index (χ3n) is 8.84. The van der Waals surface area contributed by atoms with E-state index >= 15 is 0 Å². The molecule has 240 valence electrons. The van der Waals surface area contributed by atoms with Crippen LogP contribution in [0.3, 0.4) is 0 Å². The highest BCUT2D eigenvalue weighted by Gasteiger charge is 2.41. The molecule has 0 unspecified atom stereocenters. The molecule has 4 aromatic rings. The molecule has 45 heavy (non-hydrogen) atoms. The number of benzene rings is 2. The number of morpholine rings is 1. The molecule has 3 N–H and O–H groups in total. The van der Waals surface area contributed by atoms with Crippen LogP contribution < -0.4 is 10.2 Å². The number of phenols is 1. The lowest BCUT2D eigenvalue weighted by atomic mass is 9.89. The van der Waals surface area contributed by atoms with E-state index in [2.05, 4.69) is 34.0 Å². The predicted molar refractivity (Wildman–Crippen MR) is 176 cm³/mol. The number of aromatic nitrogens is 2. The molecule has 0 bridgehead atoms. The molecule has 1 spiro atoms. The number of amides is 1. The van der Waals surface area contributed by atoms with E-state index in [1.807, 2.05) is 28.5 Å². The van der Waals surface area contributed by atoms with E-state index in [-0.39, 0.29) is 27.9 Å². The van der Waals surface area contributed by atoms with Gasteiger partial charge in [0.05, 0.1) is 28.5 Å². The summed E-state index contributed by atoms with van der Waals surface area (Å²) in [4.78, 5) is 36.3. The number of phenolic OH excluding ortho intramolecular Hbond substituents is 1. The largest absolute Gasteiger partial charge is 0.506 e. The summed E-state index contributed by atoms with van der Waals surface area (Å²) in [5.41, 5.74) is 3.47. The van der Waals surface area contributed by atoms with Crippen LogP contribution in [0.2, 0.25) is 0 Å². The highest BCUT2D eigenvalue weighted by Crippen LogP contribution is 2.32. The predicted octanol–water partition coefficient (Wildman–Crippen LogP) is 4.90. The smallest absolute Gasteiger partial charge is 0.305 e. The quantitative estimate of drug-likeness (QED) is 0.209. The number of H-pyrrole nitrogens is 1. The molecule has 2 aromatic carbocycles. The maximum Gasteiger partial charge on any atom is 0.305 e. The zero-order valence-electron chi connectivity index (χ0n) is 25.7.